The van der Waals surface area contributed by atoms with Crippen molar-refractivity contribution < 1.29 is 0 Å². The van der Waals surface area contributed by atoms with E-state index in [0.717, 1.165) is 35.1 Å². The second-order valence-electron chi connectivity index (χ2n) is 7.99. The van der Waals surface area contributed by atoms with Gasteiger partial charge in [0, 0.05) is 29.7 Å². The van der Waals surface area contributed by atoms with Crippen LogP contribution in [-0.4, -0.2) is 29.0 Å². The Labute approximate surface area is 185 Å². The third-order valence-corrected chi connectivity index (χ3v) is 6.19. The zero-order valence-electron chi connectivity index (χ0n) is 17.8. The monoisotopic (exact) mass is 466 g/mol. The average molecular weight is 467 g/mol. The summed E-state index contributed by atoms with van der Waals surface area (Å²) in [5.41, 5.74) is 5.31. The first-order chi connectivity index (χ1) is 14.5. The summed E-state index contributed by atoms with van der Waals surface area (Å²) in [4.78, 5) is 20.3. The molecule has 6 heteroatoms. The summed E-state index contributed by atoms with van der Waals surface area (Å²) < 4.78 is 2.32. The van der Waals surface area contributed by atoms with E-state index < -0.39 is 0 Å². The number of benzene rings is 2. The topological polar surface area (TPSA) is 50.5 Å². The zero-order chi connectivity index (χ0) is 21.3. The molecule has 4 rings (SSSR count). The normalized spacial score (nSPS) is 14.3. The largest absolute Gasteiger partial charge is 0.371 e. The van der Waals surface area contributed by atoms with E-state index >= 15 is 0 Å². The number of hydrogen-bond donors (Lipinski definition) is 0. The third-order valence-electron chi connectivity index (χ3n) is 5.69. The van der Waals surface area contributed by atoms with Gasteiger partial charge >= 0.3 is 0 Å². The molecule has 0 aliphatic carbocycles. The van der Waals surface area contributed by atoms with Gasteiger partial charge in [0.15, 0.2) is 0 Å². The van der Waals surface area contributed by atoms with E-state index in [2.05, 4.69) is 58.8 Å². The molecule has 2 heterocycles. The standard InChI is InChI=1S/C24H27BrN4O/c1-4-7-23-27-21-9-8-19(25)14-20(21)24(30)29(23)26-15-18-12-17(3)22(13-16(18)2)28-10-5-6-11-28/h8-9,12-15H,4-7,10-11H2,1-3H3. The van der Waals surface area contributed by atoms with Gasteiger partial charge < -0.3 is 4.90 Å². The van der Waals surface area contributed by atoms with Gasteiger partial charge in [-0.2, -0.15) is 9.78 Å². The lowest BCUT2D eigenvalue weighted by Gasteiger charge is -2.21. The molecular weight excluding hydrogens is 440 g/mol. The van der Waals surface area contributed by atoms with Crippen molar-refractivity contribution in [1.29, 1.82) is 0 Å². The molecule has 1 saturated heterocycles. The molecule has 0 atom stereocenters. The van der Waals surface area contributed by atoms with Gasteiger partial charge in [-0.1, -0.05) is 22.9 Å². The van der Waals surface area contributed by atoms with E-state index in [0.29, 0.717) is 23.1 Å². The van der Waals surface area contributed by atoms with Crippen LogP contribution in [0.15, 0.2) is 44.7 Å². The van der Waals surface area contributed by atoms with Gasteiger partial charge in [0.25, 0.3) is 5.56 Å². The van der Waals surface area contributed by atoms with Crippen LogP contribution in [0.4, 0.5) is 5.69 Å². The Morgan fingerprint density at radius 2 is 1.90 bits per heavy atom. The quantitative estimate of drug-likeness (QED) is 0.484. The maximum absolute atomic E-state index is 13.2. The number of aryl methyl sites for hydroxylation is 3. The summed E-state index contributed by atoms with van der Waals surface area (Å²) in [7, 11) is 0. The highest BCUT2D eigenvalue weighted by atomic mass is 79.9. The smallest absolute Gasteiger partial charge is 0.282 e. The molecule has 1 aromatic heterocycles. The Balaban J connectivity index is 1.76. The van der Waals surface area contributed by atoms with Crippen molar-refractivity contribution in [3.8, 4) is 0 Å². The molecule has 5 nitrogen and oxygen atoms in total. The molecule has 30 heavy (non-hydrogen) atoms. The van der Waals surface area contributed by atoms with E-state index in [1.807, 2.05) is 18.2 Å². The van der Waals surface area contributed by atoms with Crippen LogP contribution in [-0.2, 0) is 6.42 Å². The molecular formula is C24H27BrN4O. The SMILES string of the molecule is CCCc1nc2ccc(Br)cc2c(=O)n1N=Cc1cc(C)c(N2CCCC2)cc1C. The Bertz CT molecular complexity index is 1180. The van der Waals surface area contributed by atoms with Gasteiger partial charge in [0.05, 0.1) is 17.1 Å². The van der Waals surface area contributed by atoms with Crippen LogP contribution in [0, 0.1) is 13.8 Å². The van der Waals surface area contributed by atoms with Gasteiger partial charge in [0.1, 0.15) is 5.82 Å². The fourth-order valence-corrected chi connectivity index (χ4v) is 4.44. The summed E-state index contributed by atoms with van der Waals surface area (Å²) in [6.07, 6.45) is 5.91. The second-order valence-corrected chi connectivity index (χ2v) is 8.91. The van der Waals surface area contributed by atoms with E-state index in [1.54, 1.807) is 6.21 Å². The second kappa shape index (κ2) is 8.72. The lowest BCUT2D eigenvalue weighted by Crippen LogP contribution is -2.22. The van der Waals surface area contributed by atoms with Gasteiger partial charge in [-0.05, 0) is 80.1 Å². The maximum Gasteiger partial charge on any atom is 0.282 e. The van der Waals surface area contributed by atoms with Gasteiger partial charge in [0.2, 0.25) is 0 Å². The van der Waals surface area contributed by atoms with Crippen molar-refractivity contribution >= 4 is 38.7 Å². The molecule has 3 aromatic rings. The highest BCUT2D eigenvalue weighted by Gasteiger charge is 2.16. The first-order valence-electron chi connectivity index (χ1n) is 10.6. The van der Waals surface area contributed by atoms with Crippen LogP contribution >= 0.6 is 15.9 Å². The first-order valence-corrected chi connectivity index (χ1v) is 11.4. The summed E-state index contributed by atoms with van der Waals surface area (Å²) in [5, 5.41) is 5.16. The first kappa shape index (κ1) is 20.8. The highest BCUT2D eigenvalue weighted by Crippen LogP contribution is 2.27. The minimum Gasteiger partial charge on any atom is -0.371 e. The zero-order valence-corrected chi connectivity index (χ0v) is 19.4. The van der Waals surface area contributed by atoms with Crippen LogP contribution in [0.3, 0.4) is 0 Å². The van der Waals surface area contributed by atoms with Crippen molar-refractivity contribution in [3.05, 3.63) is 67.7 Å². The van der Waals surface area contributed by atoms with Gasteiger partial charge in [-0.15, -0.1) is 0 Å². The fourth-order valence-electron chi connectivity index (χ4n) is 4.08. The third kappa shape index (κ3) is 4.06. The predicted octanol–water partition coefficient (Wildman–Crippen LogP) is 5.21. The number of halogens is 1. The number of rotatable bonds is 5. The lowest BCUT2D eigenvalue weighted by molar-refractivity contribution is 0.703. The Kier molecular flexibility index (Phi) is 6.04. The molecule has 1 aliphatic heterocycles. The molecule has 0 N–H and O–H groups in total. The minimum atomic E-state index is -0.135. The minimum absolute atomic E-state index is 0.135. The maximum atomic E-state index is 13.2. The van der Waals surface area contributed by atoms with E-state index in [4.69, 9.17) is 4.98 Å². The van der Waals surface area contributed by atoms with Crippen molar-refractivity contribution in [2.45, 2.75) is 46.5 Å². The van der Waals surface area contributed by atoms with Gasteiger partial charge in [-0.25, -0.2) is 4.98 Å². The van der Waals surface area contributed by atoms with Crippen molar-refractivity contribution in [1.82, 2.24) is 9.66 Å². The number of anilines is 1. The molecule has 2 aromatic carbocycles. The molecule has 156 valence electrons. The predicted molar refractivity (Wildman–Crippen MR) is 128 cm³/mol. The van der Waals surface area contributed by atoms with Crippen LogP contribution in [0.25, 0.3) is 10.9 Å². The molecule has 1 aliphatic rings. The van der Waals surface area contributed by atoms with Crippen LogP contribution in [0.1, 0.15) is 48.7 Å². The summed E-state index contributed by atoms with van der Waals surface area (Å²) in [5.74, 6) is 0.691. The fraction of sp³-hybridized carbons (Fsp3) is 0.375. The van der Waals surface area contributed by atoms with E-state index in [9.17, 15) is 4.79 Å². The lowest BCUT2D eigenvalue weighted by atomic mass is 10.0. The molecule has 0 saturated carbocycles. The van der Waals surface area contributed by atoms with Gasteiger partial charge in [-0.3, -0.25) is 4.79 Å². The Morgan fingerprint density at radius 1 is 1.13 bits per heavy atom. The van der Waals surface area contributed by atoms with Crippen molar-refractivity contribution in [2.24, 2.45) is 5.10 Å². The number of nitrogens with zero attached hydrogens (tertiary/aromatic N) is 4. The molecule has 0 unspecified atom stereocenters. The van der Waals surface area contributed by atoms with Crippen LogP contribution in [0.2, 0.25) is 0 Å². The van der Waals surface area contributed by atoms with E-state index in [-0.39, 0.29) is 5.56 Å². The summed E-state index contributed by atoms with van der Waals surface area (Å²) in [6.45, 7) is 8.58. The molecule has 0 spiro atoms. The summed E-state index contributed by atoms with van der Waals surface area (Å²) in [6, 6.07) is 10.0. The highest BCUT2D eigenvalue weighted by molar-refractivity contribution is 9.10. The number of fused-ring (bicyclic) bond motifs is 1. The van der Waals surface area contributed by atoms with Crippen molar-refractivity contribution in [2.75, 3.05) is 18.0 Å². The van der Waals surface area contributed by atoms with E-state index in [1.165, 1.54) is 28.8 Å². The number of aromatic nitrogens is 2. The molecule has 0 bridgehead atoms. The Hall–Kier alpha value is -2.47. The Morgan fingerprint density at radius 3 is 2.63 bits per heavy atom. The molecule has 0 amide bonds. The molecule has 1 fully saturated rings. The summed E-state index contributed by atoms with van der Waals surface area (Å²) >= 11 is 3.45. The van der Waals surface area contributed by atoms with Crippen LogP contribution < -0.4 is 10.5 Å². The van der Waals surface area contributed by atoms with Crippen LogP contribution in [0.5, 0.6) is 0 Å². The number of hydrogen-bond acceptors (Lipinski definition) is 4. The van der Waals surface area contributed by atoms with Crippen molar-refractivity contribution in [3.63, 3.8) is 0 Å². The molecule has 0 radical (unpaired) electrons. The average Bonchev–Trinajstić information content (AvgIpc) is 3.25.